The van der Waals surface area contributed by atoms with Crippen LogP contribution < -0.4 is 5.32 Å². The molecule has 3 fully saturated rings. The average molecular weight is 1130 g/mol. The van der Waals surface area contributed by atoms with Crippen molar-refractivity contribution in [3.63, 3.8) is 0 Å². The molecule has 3 aliphatic carbocycles. The zero-order valence-electron chi connectivity index (χ0n) is 48.9. The number of ether oxygens (including phenoxy) is 5. The van der Waals surface area contributed by atoms with Crippen LogP contribution in [0.2, 0.25) is 0 Å². The Hall–Kier alpha value is -6.23. The molecule has 2 saturated carbocycles. The molecule has 0 spiro atoms. The van der Waals surface area contributed by atoms with Crippen LogP contribution in [0.5, 0.6) is 0 Å². The van der Waals surface area contributed by atoms with Gasteiger partial charge >= 0.3 is 29.8 Å². The highest BCUT2D eigenvalue weighted by molar-refractivity contribution is 5.95. The molecular weight excluding hydrogens is 1050 g/mol. The molecule has 3 aromatic carbocycles. The number of hydrogen-bond acceptors (Lipinski definition) is 14. The molecule has 0 radical (unpaired) electrons. The third-order valence-electron chi connectivity index (χ3n) is 18.3. The van der Waals surface area contributed by atoms with Gasteiger partial charge in [-0.3, -0.25) is 24.0 Å². The number of rotatable bonds is 29. The Morgan fingerprint density at radius 1 is 0.707 bits per heavy atom. The summed E-state index contributed by atoms with van der Waals surface area (Å²) in [5, 5.41) is 37.9. The monoisotopic (exact) mass is 1130 g/mol. The van der Waals surface area contributed by atoms with Crippen LogP contribution in [0.4, 0.5) is 0 Å². The molecule has 11 atom stereocenters. The number of carbonyl (C=O) groups excluding carboxylic acids is 6. The summed E-state index contributed by atoms with van der Waals surface area (Å²) in [6.45, 7) is 9.37. The van der Waals surface area contributed by atoms with E-state index in [4.69, 9.17) is 28.8 Å². The number of aliphatic hydroxyl groups excluding tert-OH is 1. The summed E-state index contributed by atoms with van der Waals surface area (Å²) in [6, 6.07) is 23.8. The number of nitrogens with one attached hydrogen (secondary N) is 1. The molecule has 16 heteroatoms. The van der Waals surface area contributed by atoms with E-state index in [1.807, 2.05) is 0 Å². The number of aliphatic carboxylic acids is 1. The number of Topliss-reactive ketones (excluding diaryl/α,β-unsaturated/α-hetero) is 1. The summed E-state index contributed by atoms with van der Waals surface area (Å²) in [5.74, 6) is -7.52. The number of esters is 4. The Balaban J connectivity index is 1.12. The van der Waals surface area contributed by atoms with Crippen LogP contribution in [-0.4, -0.2) is 105 Å². The Bertz CT molecular complexity index is 2710. The second-order valence-corrected chi connectivity index (χ2v) is 24.1. The van der Waals surface area contributed by atoms with Crippen molar-refractivity contribution >= 4 is 41.5 Å². The molecule has 82 heavy (non-hydrogen) atoms. The Labute approximate surface area is 483 Å². The number of ketones is 1. The Kier molecular flexibility index (Phi) is 21.9. The van der Waals surface area contributed by atoms with Gasteiger partial charge in [0, 0.05) is 49.5 Å². The maximum atomic E-state index is 15.6. The van der Waals surface area contributed by atoms with Gasteiger partial charge in [0.25, 0.3) is 5.91 Å². The highest BCUT2D eigenvalue weighted by Gasteiger charge is 2.77. The minimum atomic E-state index is -2.25. The summed E-state index contributed by atoms with van der Waals surface area (Å²) in [6.07, 6.45) is 9.12. The van der Waals surface area contributed by atoms with Crippen LogP contribution >= 0.6 is 0 Å². The largest absolute Gasteiger partial charge is 0.481 e. The molecule has 446 valence electrons. The normalized spacial score (nSPS) is 27.0. The first-order chi connectivity index (χ1) is 39.2. The van der Waals surface area contributed by atoms with E-state index in [1.54, 1.807) is 113 Å². The number of hydrogen-bond donors (Lipinski definition) is 4. The molecule has 0 aromatic heterocycles. The molecule has 1 heterocycles. The van der Waals surface area contributed by atoms with Gasteiger partial charge in [0.1, 0.15) is 35.7 Å². The molecule has 1 saturated heterocycles. The van der Waals surface area contributed by atoms with E-state index >= 15 is 9.59 Å². The molecule has 2 bridgehead atoms. The summed E-state index contributed by atoms with van der Waals surface area (Å²) < 4.78 is 31.5. The highest BCUT2D eigenvalue weighted by Crippen LogP contribution is 2.65. The first-order valence-electron chi connectivity index (χ1n) is 29.9. The smallest absolute Gasteiger partial charge is 0.350 e. The lowest BCUT2D eigenvalue weighted by molar-refractivity contribution is -0.345. The van der Waals surface area contributed by atoms with Gasteiger partial charge in [0.05, 0.1) is 29.6 Å². The van der Waals surface area contributed by atoms with E-state index in [0.717, 1.165) is 57.8 Å². The molecule has 1 amide bonds. The van der Waals surface area contributed by atoms with Gasteiger partial charge in [-0.1, -0.05) is 177 Å². The van der Waals surface area contributed by atoms with Crippen molar-refractivity contribution in [2.24, 2.45) is 22.7 Å². The number of amides is 1. The highest BCUT2D eigenvalue weighted by atomic mass is 16.6. The second-order valence-electron chi connectivity index (χ2n) is 24.1. The Morgan fingerprint density at radius 3 is 1.71 bits per heavy atom. The lowest BCUT2D eigenvalue weighted by atomic mass is 9.43. The topological polar surface area (TPSA) is 238 Å². The third kappa shape index (κ3) is 14.2. The van der Waals surface area contributed by atoms with E-state index in [2.05, 4.69) is 5.32 Å². The van der Waals surface area contributed by atoms with Crippen molar-refractivity contribution in [1.82, 2.24) is 5.32 Å². The van der Waals surface area contributed by atoms with Gasteiger partial charge in [0.2, 0.25) is 6.10 Å². The number of carbonyl (C=O) groups is 7. The Morgan fingerprint density at radius 2 is 1.21 bits per heavy atom. The summed E-state index contributed by atoms with van der Waals surface area (Å²) in [7, 11) is 0. The maximum Gasteiger partial charge on any atom is 0.350 e. The molecule has 7 rings (SSSR count). The molecular formula is C66H87NO15. The number of carboxylic acid groups (broad SMARTS) is 1. The van der Waals surface area contributed by atoms with Gasteiger partial charge in [-0.15, -0.1) is 0 Å². The van der Waals surface area contributed by atoms with Crippen LogP contribution in [0.25, 0.3) is 0 Å². The zero-order chi connectivity index (χ0) is 59.2. The fourth-order valence-electron chi connectivity index (χ4n) is 13.8. The third-order valence-corrected chi connectivity index (χ3v) is 18.3. The first-order valence-corrected chi connectivity index (χ1v) is 29.9. The summed E-state index contributed by atoms with van der Waals surface area (Å²) >= 11 is 0. The van der Waals surface area contributed by atoms with Crippen LogP contribution in [0, 0.1) is 22.7 Å². The van der Waals surface area contributed by atoms with Gasteiger partial charge in [-0.2, -0.15) is 0 Å². The molecule has 1 aliphatic heterocycles. The van der Waals surface area contributed by atoms with Crippen molar-refractivity contribution < 1.29 is 72.6 Å². The maximum absolute atomic E-state index is 15.6. The SMILES string of the molecule is CC(=O)O[C@@]12CO[C@@H]1C[C@H](O)[C@@]1(C)C(=O)[C@H](C)C3=C(C)[C@@H](OC(=O)[C@H](OC(=O)CCCCCCCCCCCCCCCCCCC(=O)O)[C@@H](NC(=O)c4ccccc4)c4ccccc4)C[C@@](O)([C@@H](OC(=O)c4ccccc4)[C@H]21)C3(C)C. The van der Waals surface area contributed by atoms with E-state index in [-0.39, 0.29) is 37.0 Å². The predicted octanol–water partition coefficient (Wildman–Crippen LogP) is 11.1. The number of fused-ring (bicyclic) bond motifs is 5. The van der Waals surface area contributed by atoms with Crippen LogP contribution in [0.15, 0.2) is 102 Å². The fourth-order valence-corrected chi connectivity index (χ4v) is 13.8. The minimum Gasteiger partial charge on any atom is -0.481 e. The average Bonchev–Trinajstić information content (AvgIpc) is 0.910. The quantitative estimate of drug-likeness (QED) is 0.0219. The van der Waals surface area contributed by atoms with Crippen LogP contribution in [0.1, 0.15) is 202 Å². The number of benzene rings is 3. The van der Waals surface area contributed by atoms with Gasteiger partial charge < -0.3 is 44.3 Å². The van der Waals surface area contributed by atoms with Crippen LogP contribution in [-0.2, 0) is 47.7 Å². The van der Waals surface area contributed by atoms with Gasteiger partial charge in [-0.05, 0) is 67.7 Å². The molecule has 3 aromatic rings. The van der Waals surface area contributed by atoms with Crippen molar-refractivity contribution in [2.75, 3.05) is 6.61 Å². The van der Waals surface area contributed by atoms with E-state index in [9.17, 15) is 34.2 Å². The van der Waals surface area contributed by atoms with Crippen molar-refractivity contribution in [1.29, 1.82) is 0 Å². The lowest BCUT2D eigenvalue weighted by Gasteiger charge is -2.67. The second kappa shape index (κ2) is 28.4. The zero-order valence-corrected chi connectivity index (χ0v) is 48.9. The lowest BCUT2D eigenvalue weighted by Crippen LogP contribution is -2.81. The van der Waals surface area contributed by atoms with E-state index in [0.29, 0.717) is 23.1 Å². The van der Waals surface area contributed by atoms with E-state index < -0.39 is 118 Å². The van der Waals surface area contributed by atoms with E-state index in [1.165, 1.54) is 57.6 Å². The minimum absolute atomic E-state index is 0.0183. The van der Waals surface area contributed by atoms with Crippen LogP contribution in [0.3, 0.4) is 0 Å². The molecule has 0 unspecified atom stereocenters. The molecule has 16 nitrogen and oxygen atoms in total. The molecule has 4 aliphatic rings. The predicted molar refractivity (Wildman–Crippen MR) is 306 cm³/mol. The van der Waals surface area contributed by atoms with Gasteiger partial charge in [-0.25, -0.2) is 9.59 Å². The number of carboxylic acids is 1. The van der Waals surface area contributed by atoms with Crippen molar-refractivity contribution in [3.8, 4) is 0 Å². The summed E-state index contributed by atoms with van der Waals surface area (Å²) in [5.41, 5.74) is -5.51. The standard InChI is InChI=1S/C66H87NO15/c1-43-49(41-66(77)59(81-61(75)48-36-28-23-29-37-48)57-64(6,58(73)44(2)54(43)63(66,4)5)50(69)40-51-65(57,42-78-51)82-45(3)68)79-62(76)56(55(46-32-24-21-25-33-46)67-60(74)47-34-26-22-27-35-47)80-53(72)39-31-20-18-16-14-12-10-8-7-9-11-13-15-17-19-30-38-52(70)71/h21-29,32-37,44,49-51,55-57,59,69,77H,7-20,30-31,38-42H2,1-6H3,(H,67,74)(H,70,71)/t44-,49+,50+,51-,55+,56-,57+,59+,64-,65+,66-/m1/s1. The number of aliphatic hydroxyl groups is 2. The van der Waals surface area contributed by atoms with Crippen molar-refractivity contribution in [3.05, 3.63) is 119 Å². The number of unbranched alkanes of at least 4 members (excludes halogenated alkanes) is 15. The van der Waals surface area contributed by atoms with Crippen molar-refractivity contribution in [2.45, 2.75) is 218 Å². The molecule has 4 N–H and O–H groups in total. The first kappa shape index (κ1) is 63.4. The summed E-state index contributed by atoms with van der Waals surface area (Å²) in [4.78, 5) is 97.5. The fraction of sp³-hybridized carbons (Fsp3) is 0.591. The van der Waals surface area contributed by atoms with Gasteiger partial charge in [0.15, 0.2) is 5.60 Å².